The smallest absolute Gasteiger partial charge is 0.265 e. The van der Waals surface area contributed by atoms with Crippen molar-refractivity contribution in [2.75, 3.05) is 32.0 Å². The van der Waals surface area contributed by atoms with Gasteiger partial charge in [0, 0.05) is 30.9 Å². The predicted molar refractivity (Wildman–Crippen MR) is 100 cm³/mol. The molecule has 0 bridgehead atoms. The number of piperazine rings is 1. The van der Waals surface area contributed by atoms with E-state index >= 15 is 0 Å². The van der Waals surface area contributed by atoms with Crippen LogP contribution in [0.1, 0.15) is 21.5 Å². The highest BCUT2D eigenvalue weighted by atomic mass is 32.1. The Bertz CT molecular complexity index is 893. The Morgan fingerprint density at radius 3 is 3.12 bits per heavy atom. The van der Waals surface area contributed by atoms with Crippen molar-refractivity contribution in [1.29, 1.82) is 0 Å². The maximum absolute atomic E-state index is 12.2. The highest BCUT2D eigenvalue weighted by Crippen LogP contribution is 2.25. The van der Waals surface area contributed by atoms with E-state index in [-0.39, 0.29) is 11.9 Å². The molecule has 1 aromatic carbocycles. The van der Waals surface area contributed by atoms with Gasteiger partial charge < -0.3 is 15.2 Å². The van der Waals surface area contributed by atoms with Crippen molar-refractivity contribution in [2.24, 2.45) is 0 Å². The van der Waals surface area contributed by atoms with Crippen LogP contribution in [0.3, 0.4) is 0 Å². The molecule has 0 saturated carbocycles. The number of aromatic nitrogens is 2. The lowest BCUT2D eigenvalue weighted by Gasteiger charge is -2.30. The molecule has 1 amide bonds. The maximum Gasteiger partial charge on any atom is 0.265 e. The van der Waals surface area contributed by atoms with E-state index in [0.29, 0.717) is 22.3 Å². The third-order valence-corrected chi connectivity index (χ3v) is 5.23. The summed E-state index contributed by atoms with van der Waals surface area (Å²) < 4.78 is 5.46. The highest BCUT2D eigenvalue weighted by Gasteiger charge is 2.25. The zero-order valence-electron chi connectivity index (χ0n) is 14.3. The summed E-state index contributed by atoms with van der Waals surface area (Å²) in [6.45, 7) is 2.70. The molecule has 3 heterocycles. The Balaban J connectivity index is 1.52. The molecule has 0 spiro atoms. The molecule has 7 nitrogen and oxygen atoms in total. The number of rotatable bonds is 4. The SMILES string of the molecule is CN1CCNCC1c1noc(-c2cccc(NC(=O)c3cccs3)c2)n1. The molecule has 8 heteroatoms. The quantitative estimate of drug-likeness (QED) is 0.736. The summed E-state index contributed by atoms with van der Waals surface area (Å²) >= 11 is 1.41. The van der Waals surface area contributed by atoms with Crippen LogP contribution in [-0.2, 0) is 0 Å². The van der Waals surface area contributed by atoms with Crippen LogP contribution in [0, 0.1) is 0 Å². The lowest BCUT2D eigenvalue weighted by molar-refractivity contribution is 0.103. The van der Waals surface area contributed by atoms with Gasteiger partial charge in [-0.05, 0) is 36.7 Å². The fourth-order valence-electron chi connectivity index (χ4n) is 2.91. The minimum atomic E-state index is -0.127. The Labute approximate surface area is 155 Å². The molecule has 4 rings (SSSR count). The normalized spacial score (nSPS) is 18.0. The first kappa shape index (κ1) is 16.9. The summed E-state index contributed by atoms with van der Waals surface area (Å²) in [7, 11) is 2.06. The van der Waals surface area contributed by atoms with Gasteiger partial charge in [0.1, 0.15) is 0 Å². The van der Waals surface area contributed by atoms with Crippen LogP contribution in [0.5, 0.6) is 0 Å². The van der Waals surface area contributed by atoms with Crippen molar-refractivity contribution in [1.82, 2.24) is 20.4 Å². The molecule has 1 unspecified atom stereocenters. The molecule has 3 aromatic rings. The first-order valence-corrected chi connectivity index (χ1v) is 9.28. The standard InChI is InChI=1S/C18H19N5O2S/c1-23-8-7-19-11-14(23)16-21-18(25-22-16)12-4-2-5-13(10-12)20-17(24)15-6-3-9-26-15/h2-6,9-10,14,19H,7-8,11H2,1H3,(H,20,24). The average Bonchev–Trinajstić information content (AvgIpc) is 3.35. The Morgan fingerprint density at radius 1 is 1.38 bits per heavy atom. The molecule has 134 valence electrons. The number of benzene rings is 1. The molecule has 1 aliphatic rings. The highest BCUT2D eigenvalue weighted by molar-refractivity contribution is 7.12. The van der Waals surface area contributed by atoms with Gasteiger partial charge in [0.05, 0.1) is 10.9 Å². The Morgan fingerprint density at radius 2 is 2.31 bits per heavy atom. The van der Waals surface area contributed by atoms with Crippen LogP contribution >= 0.6 is 11.3 Å². The molecule has 1 fully saturated rings. The number of hydrogen-bond donors (Lipinski definition) is 2. The minimum Gasteiger partial charge on any atom is -0.334 e. The molecular formula is C18H19N5O2S. The number of amides is 1. The molecule has 1 aliphatic heterocycles. The van der Waals surface area contributed by atoms with Crippen LogP contribution in [0.4, 0.5) is 5.69 Å². The summed E-state index contributed by atoms with van der Waals surface area (Å²) in [5.74, 6) is 0.993. The minimum absolute atomic E-state index is 0.1000. The summed E-state index contributed by atoms with van der Waals surface area (Å²) in [6, 6.07) is 11.2. The molecule has 0 aliphatic carbocycles. The number of likely N-dealkylation sites (N-methyl/N-ethyl adjacent to an activating group) is 1. The van der Waals surface area contributed by atoms with Crippen LogP contribution in [0.25, 0.3) is 11.5 Å². The Hall–Kier alpha value is -2.55. The second-order valence-electron chi connectivity index (χ2n) is 6.17. The van der Waals surface area contributed by atoms with Gasteiger partial charge in [-0.15, -0.1) is 11.3 Å². The van der Waals surface area contributed by atoms with Crippen molar-refractivity contribution in [3.63, 3.8) is 0 Å². The topological polar surface area (TPSA) is 83.3 Å². The van der Waals surface area contributed by atoms with E-state index in [9.17, 15) is 4.79 Å². The summed E-state index contributed by atoms with van der Waals surface area (Å²) in [5.41, 5.74) is 1.47. The van der Waals surface area contributed by atoms with Gasteiger partial charge in [-0.3, -0.25) is 9.69 Å². The third kappa shape index (κ3) is 3.52. The number of nitrogens with one attached hydrogen (secondary N) is 2. The second kappa shape index (κ2) is 7.36. The number of nitrogens with zero attached hydrogens (tertiary/aromatic N) is 3. The van der Waals surface area contributed by atoms with E-state index in [1.807, 2.05) is 35.7 Å². The lowest BCUT2D eigenvalue weighted by Crippen LogP contribution is -2.44. The number of anilines is 1. The zero-order chi connectivity index (χ0) is 17.9. The number of carbonyl (C=O) groups is 1. The monoisotopic (exact) mass is 369 g/mol. The van der Waals surface area contributed by atoms with Gasteiger partial charge >= 0.3 is 0 Å². The zero-order valence-corrected chi connectivity index (χ0v) is 15.1. The van der Waals surface area contributed by atoms with E-state index in [1.165, 1.54) is 11.3 Å². The molecule has 1 atom stereocenters. The predicted octanol–water partition coefficient (Wildman–Crippen LogP) is 2.63. The van der Waals surface area contributed by atoms with Crippen LogP contribution < -0.4 is 10.6 Å². The summed E-state index contributed by atoms with van der Waals surface area (Å²) in [4.78, 5) is 19.6. The second-order valence-corrected chi connectivity index (χ2v) is 7.12. The fraction of sp³-hybridized carbons (Fsp3) is 0.278. The first-order chi connectivity index (χ1) is 12.7. The largest absolute Gasteiger partial charge is 0.334 e. The van der Waals surface area contributed by atoms with Gasteiger partial charge in [-0.2, -0.15) is 4.98 Å². The van der Waals surface area contributed by atoms with Crippen molar-refractivity contribution < 1.29 is 9.32 Å². The van der Waals surface area contributed by atoms with E-state index in [2.05, 4.69) is 32.7 Å². The maximum atomic E-state index is 12.2. The number of thiophene rings is 1. The third-order valence-electron chi connectivity index (χ3n) is 4.36. The lowest BCUT2D eigenvalue weighted by atomic mass is 10.2. The summed E-state index contributed by atoms with van der Waals surface area (Å²) in [5, 5.41) is 12.3. The molecule has 0 radical (unpaired) electrons. The van der Waals surface area contributed by atoms with Gasteiger partial charge in [0.2, 0.25) is 0 Å². The van der Waals surface area contributed by atoms with E-state index in [1.54, 1.807) is 6.07 Å². The van der Waals surface area contributed by atoms with Gasteiger partial charge in [-0.1, -0.05) is 17.3 Å². The first-order valence-electron chi connectivity index (χ1n) is 8.40. The van der Waals surface area contributed by atoms with Gasteiger partial charge in [-0.25, -0.2) is 0 Å². The number of carbonyl (C=O) groups excluding carboxylic acids is 1. The van der Waals surface area contributed by atoms with Crippen molar-refractivity contribution in [3.05, 3.63) is 52.5 Å². The van der Waals surface area contributed by atoms with Crippen molar-refractivity contribution >= 4 is 22.9 Å². The molecule has 2 aromatic heterocycles. The van der Waals surface area contributed by atoms with Crippen LogP contribution in [0.2, 0.25) is 0 Å². The van der Waals surface area contributed by atoms with Gasteiger partial charge in [0.25, 0.3) is 11.8 Å². The van der Waals surface area contributed by atoms with E-state index in [0.717, 1.165) is 25.2 Å². The van der Waals surface area contributed by atoms with Crippen molar-refractivity contribution in [3.8, 4) is 11.5 Å². The van der Waals surface area contributed by atoms with Crippen molar-refractivity contribution in [2.45, 2.75) is 6.04 Å². The van der Waals surface area contributed by atoms with Gasteiger partial charge in [0.15, 0.2) is 5.82 Å². The summed E-state index contributed by atoms with van der Waals surface area (Å²) in [6.07, 6.45) is 0. The van der Waals surface area contributed by atoms with E-state index < -0.39 is 0 Å². The molecule has 26 heavy (non-hydrogen) atoms. The number of hydrogen-bond acceptors (Lipinski definition) is 7. The molecule has 2 N–H and O–H groups in total. The van der Waals surface area contributed by atoms with E-state index in [4.69, 9.17) is 4.52 Å². The fourth-order valence-corrected chi connectivity index (χ4v) is 3.53. The average molecular weight is 369 g/mol. The molecule has 1 saturated heterocycles. The van der Waals surface area contributed by atoms with Crippen LogP contribution in [-0.4, -0.2) is 47.6 Å². The van der Waals surface area contributed by atoms with Crippen LogP contribution in [0.15, 0.2) is 46.3 Å². The Kier molecular flexibility index (Phi) is 4.79. The molecular weight excluding hydrogens is 350 g/mol.